The van der Waals surface area contributed by atoms with E-state index in [1.807, 2.05) is 12.3 Å². The minimum atomic E-state index is 0.358. The van der Waals surface area contributed by atoms with Crippen molar-refractivity contribution >= 4 is 11.3 Å². The van der Waals surface area contributed by atoms with Gasteiger partial charge in [-0.05, 0) is 49.1 Å². The summed E-state index contributed by atoms with van der Waals surface area (Å²) >= 11 is 0. The lowest BCUT2D eigenvalue weighted by Crippen LogP contribution is -2.27. The first-order valence-corrected chi connectivity index (χ1v) is 7.12. The van der Waals surface area contributed by atoms with Gasteiger partial charge in [0.2, 0.25) is 0 Å². The van der Waals surface area contributed by atoms with Gasteiger partial charge in [-0.25, -0.2) is 4.98 Å². The molecule has 1 aliphatic rings. The lowest BCUT2D eigenvalue weighted by molar-refractivity contribution is 0.213. The molecule has 0 amide bonds. The van der Waals surface area contributed by atoms with Crippen LogP contribution in [0.25, 0.3) is 5.65 Å². The molecule has 0 radical (unpaired) electrons. The van der Waals surface area contributed by atoms with Crippen molar-refractivity contribution in [2.75, 3.05) is 5.73 Å². The number of anilines is 1. The largest absolute Gasteiger partial charge is 0.398 e. The van der Waals surface area contributed by atoms with Crippen LogP contribution in [0.2, 0.25) is 0 Å². The van der Waals surface area contributed by atoms with Crippen molar-refractivity contribution in [1.82, 2.24) is 9.38 Å². The fourth-order valence-electron chi connectivity index (χ4n) is 3.23. The maximum Gasteiger partial charge on any atom is 0.140 e. The summed E-state index contributed by atoms with van der Waals surface area (Å²) in [5, 5.41) is 0. The summed E-state index contributed by atoms with van der Waals surface area (Å²) in [5.74, 6) is 0.724. The van der Waals surface area contributed by atoms with Crippen molar-refractivity contribution in [2.45, 2.75) is 47.0 Å². The Morgan fingerprint density at radius 3 is 2.79 bits per heavy atom. The molecular formula is C16H23N3. The zero-order valence-electron chi connectivity index (χ0n) is 12.3. The van der Waals surface area contributed by atoms with E-state index in [1.165, 1.54) is 23.4 Å². The number of hydrogen-bond acceptors (Lipinski definition) is 2. The van der Waals surface area contributed by atoms with E-state index in [-0.39, 0.29) is 0 Å². The van der Waals surface area contributed by atoms with E-state index in [2.05, 4.69) is 32.1 Å². The molecule has 0 spiro atoms. The Balaban J connectivity index is 2.13. The first-order valence-electron chi connectivity index (χ1n) is 7.12. The molecule has 3 rings (SSSR count). The van der Waals surface area contributed by atoms with Crippen LogP contribution in [0.1, 0.15) is 44.1 Å². The SMILES string of the molecule is Cc1cc(N)cn2c3c(nc12)CCC(C(C)(C)C)C3. The smallest absolute Gasteiger partial charge is 0.140 e. The van der Waals surface area contributed by atoms with Gasteiger partial charge in [0, 0.05) is 17.6 Å². The zero-order chi connectivity index (χ0) is 13.8. The van der Waals surface area contributed by atoms with E-state index in [0.29, 0.717) is 5.41 Å². The summed E-state index contributed by atoms with van der Waals surface area (Å²) in [6, 6.07) is 2.01. The van der Waals surface area contributed by atoms with Gasteiger partial charge in [-0.15, -0.1) is 0 Å². The first-order chi connectivity index (χ1) is 8.86. The van der Waals surface area contributed by atoms with Gasteiger partial charge in [-0.1, -0.05) is 20.8 Å². The molecule has 0 fully saturated rings. The molecule has 1 aliphatic carbocycles. The Hall–Kier alpha value is -1.51. The van der Waals surface area contributed by atoms with Gasteiger partial charge in [0.25, 0.3) is 0 Å². The average Bonchev–Trinajstić information content (AvgIpc) is 2.66. The minimum Gasteiger partial charge on any atom is -0.398 e. The Labute approximate surface area is 114 Å². The van der Waals surface area contributed by atoms with Crippen LogP contribution in [-0.4, -0.2) is 9.38 Å². The highest BCUT2D eigenvalue weighted by atomic mass is 15.0. The monoisotopic (exact) mass is 257 g/mol. The maximum atomic E-state index is 5.99. The molecule has 0 bridgehead atoms. The molecule has 3 nitrogen and oxygen atoms in total. The van der Waals surface area contributed by atoms with E-state index < -0.39 is 0 Å². The van der Waals surface area contributed by atoms with E-state index in [0.717, 1.165) is 30.1 Å². The number of nitrogens with zero attached hydrogens (tertiary/aromatic N) is 2. The quantitative estimate of drug-likeness (QED) is 0.786. The number of imidazole rings is 1. The third-order valence-corrected chi connectivity index (χ3v) is 4.50. The van der Waals surface area contributed by atoms with Crippen LogP contribution in [0.5, 0.6) is 0 Å². The maximum absolute atomic E-state index is 5.99. The van der Waals surface area contributed by atoms with E-state index in [9.17, 15) is 0 Å². The minimum absolute atomic E-state index is 0.358. The third kappa shape index (κ3) is 2.01. The van der Waals surface area contributed by atoms with Gasteiger partial charge in [-0.2, -0.15) is 0 Å². The molecule has 19 heavy (non-hydrogen) atoms. The summed E-state index contributed by atoms with van der Waals surface area (Å²) in [7, 11) is 0. The average molecular weight is 257 g/mol. The summed E-state index contributed by atoms with van der Waals surface area (Å²) < 4.78 is 2.22. The van der Waals surface area contributed by atoms with E-state index in [4.69, 9.17) is 10.7 Å². The molecule has 2 N–H and O–H groups in total. The highest BCUT2D eigenvalue weighted by Gasteiger charge is 2.31. The second-order valence-electron chi connectivity index (χ2n) is 6.96. The Morgan fingerprint density at radius 1 is 1.37 bits per heavy atom. The Bertz CT molecular complexity index is 631. The highest BCUT2D eigenvalue weighted by molar-refractivity contribution is 5.57. The summed E-state index contributed by atoms with van der Waals surface area (Å²) in [4.78, 5) is 4.82. The topological polar surface area (TPSA) is 43.3 Å². The number of nitrogen functional groups attached to an aromatic ring is 1. The number of nitrogens with two attached hydrogens (primary N) is 1. The van der Waals surface area contributed by atoms with Crippen LogP contribution in [0, 0.1) is 18.3 Å². The molecule has 0 saturated carbocycles. The predicted octanol–water partition coefficient (Wildman–Crippen LogP) is 3.38. The van der Waals surface area contributed by atoms with Gasteiger partial charge >= 0.3 is 0 Å². The molecule has 1 atom stereocenters. The van der Waals surface area contributed by atoms with Crippen molar-refractivity contribution < 1.29 is 0 Å². The molecule has 2 aromatic heterocycles. The zero-order valence-corrected chi connectivity index (χ0v) is 12.3. The van der Waals surface area contributed by atoms with Gasteiger partial charge < -0.3 is 10.1 Å². The molecule has 102 valence electrons. The predicted molar refractivity (Wildman–Crippen MR) is 79.3 cm³/mol. The molecule has 1 unspecified atom stereocenters. The van der Waals surface area contributed by atoms with Gasteiger partial charge in [-0.3, -0.25) is 0 Å². The number of hydrogen-bond donors (Lipinski definition) is 1. The second kappa shape index (κ2) is 3.99. The Kier molecular flexibility index (Phi) is 2.63. The molecule has 0 aromatic carbocycles. The standard InChI is InChI=1S/C16H23N3/c1-10-7-12(17)9-19-14-8-11(16(2,3)4)5-6-13(14)18-15(10)19/h7,9,11H,5-6,8,17H2,1-4H3. The van der Waals surface area contributed by atoms with E-state index >= 15 is 0 Å². The van der Waals surface area contributed by atoms with Crippen molar-refractivity contribution in [3.63, 3.8) is 0 Å². The van der Waals surface area contributed by atoms with Crippen molar-refractivity contribution in [1.29, 1.82) is 0 Å². The molecule has 2 heterocycles. The van der Waals surface area contributed by atoms with Crippen LogP contribution < -0.4 is 5.73 Å². The highest BCUT2D eigenvalue weighted by Crippen LogP contribution is 2.37. The Morgan fingerprint density at radius 2 is 2.11 bits per heavy atom. The van der Waals surface area contributed by atoms with Crippen molar-refractivity contribution in [3.05, 3.63) is 29.2 Å². The number of aromatic nitrogens is 2. The van der Waals surface area contributed by atoms with Crippen LogP contribution in [-0.2, 0) is 12.8 Å². The molecule has 2 aromatic rings. The number of aryl methyl sites for hydroxylation is 2. The van der Waals surface area contributed by atoms with Crippen molar-refractivity contribution in [2.24, 2.45) is 11.3 Å². The molecule has 0 saturated heterocycles. The first kappa shape index (κ1) is 12.5. The van der Waals surface area contributed by atoms with Gasteiger partial charge in [0.1, 0.15) is 5.65 Å². The van der Waals surface area contributed by atoms with Crippen LogP contribution in [0.15, 0.2) is 12.3 Å². The second-order valence-corrected chi connectivity index (χ2v) is 6.96. The number of pyridine rings is 1. The van der Waals surface area contributed by atoms with Crippen molar-refractivity contribution in [3.8, 4) is 0 Å². The van der Waals surface area contributed by atoms with Gasteiger partial charge in [0.05, 0.1) is 5.69 Å². The van der Waals surface area contributed by atoms with Crippen LogP contribution >= 0.6 is 0 Å². The summed E-state index contributed by atoms with van der Waals surface area (Å²) in [5.41, 5.74) is 12.1. The third-order valence-electron chi connectivity index (χ3n) is 4.50. The van der Waals surface area contributed by atoms with Crippen LogP contribution in [0.4, 0.5) is 5.69 Å². The lowest BCUT2D eigenvalue weighted by atomic mass is 9.73. The molecule has 3 heteroatoms. The number of rotatable bonds is 0. The fourth-order valence-corrected chi connectivity index (χ4v) is 3.23. The molecule has 0 aliphatic heterocycles. The summed E-state index contributed by atoms with van der Waals surface area (Å²) in [6.07, 6.45) is 5.48. The fraction of sp³-hybridized carbons (Fsp3) is 0.562. The van der Waals surface area contributed by atoms with E-state index in [1.54, 1.807) is 0 Å². The summed E-state index contributed by atoms with van der Waals surface area (Å²) in [6.45, 7) is 9.11. The van der Waals surface area contributed by atoms with Gasteiger partial charge in [0.15, 0.2) is 0 Å². The lowest BCUT2D eigenvalue weighted by Gasteiger charge is -2.33. The van der Waals surface area contributed by atoms with Crippen LogP contribution in [0.3, 0.4) is 0 Å². The molecular weight excluding hydrogens is 234 g/mol. The normalized spacial score (nSPS) is 19.7. The number of fused-ring (bicyclic) bond motifs is 3.